The van der Waals surface area contributed by atoms with Gasteiger partial charge < -0.3 is 20.1 Å². The molecule has 0 saturated carbocycles. The number of carbonyl (C=O) groups is 2. The van der Waals surface area contributed by atoms with E-state index in [-0.39, 0.29) is 24.8 Å². The van der Waals surface area contributed by atoms with Gasteiger partial charge in [-0.3, -0.25) is 9.59 Å². The van der Waals surface area contributed by atoms with Crippen molar-refractivity contribution < 1.29 is 19.1 Å². The molecule has 2 N–H and O–H groups in total. The van der Waals surface area contributed by atoms with E-state index in [0.717, 1.165) is 11.1 Å². The van der Waals surface area contributed by atoms with Gasteiger partial charge in [-0.05, 0) is 36.8 Å². The number of nitrogens with zero attached hydrogens (tertiary/aromatic N) is 1. The number of hydrogen-bond acceptors (Lipinski definition) is 5. The minimum absolute atomic E-state index is 0.0946. The first-order valence-electron chi connectivity index (χ1n) is 8.44. The molecule has 1 aromatic heterocycles. The summed E-state index contributed by atoms with van der Waals surface area (Å²) < 4.78 is 10.7. The molecule has 0 radical (unpaired) electrons. The first-order chi connectivity index (χ1) is 12.6. The Morgan fingerprint density at radius 3 is 3.00 bits per heavy atom. The third-order valence-electron chi connectivity index (χ3n) is 4.20. The number of carbonyl (C=O) groups excluding carboxylic acids is 2. The average Bonchev–Trinajstić information content (AvgIpc) is 2.66. The van der Waals surface area contributed by atoms with Crippen LogP contribution >= 0.6 is 0 Å². The molecule has 3 rings (SSSR count). The third-order valence-corrected chi connectivity index (χ3v) is 4.20. The maximum absolute atomic E-state index is 12.8. The van der Waals surface area contributed by atoms with Crippen LogP contribution in [0.3, 0.4) is 0 Å². The van der Waals surface area contributed by atoms with Crippen molar-refractivity contribution in [3.8, 4) is 11.6 Å². The van der Waals surface area contributed by atoms with E-state index in [4.69, 9.17) is 9.47 Å². The van der Waals surface area contributed by atoms with Gasteiger partial charge >= 0.3 is 0 Å². The fraction of sp³-hybridized carbons (Fsp3) is 0.316. The molecule has 7 heteroatoms. The number of fused-ring (bicyclic) bond motifs is 1. The summed E-state index contributed by atoms with van der Waals surface area (Å²) in [7, 11) is 1.57. The zero-order valence-electron chi connectivity index (χ0n) is 14.7. The summed E-state index contributed by atoms with van der Waals surface area (Å²) >= 11 is 0. The molecule has 26 heavy (non-hydrogen) atoms. The average molecular weight is 355 g/mol. The van der Waals surface area contributed by atoms with Crippen molar-refractivity contribution in [1.29, 1.82) is 0 Å². The monoisotopic (exact) mass is 355 g/mol. The van der Waals surface area contributed by atoms with Gasteiger partial charge in [0.25, 0.3) is 0 Å². The normalized spacial score (nSPS) is 15.6. The molecule has 136 valence electrons. The van der Waals surface area contributed by atoms with Gasteiger partial charge in [0.15, 0.2) is 0 Å². The van der Waals surface area contributed by atoms with E-state index < -0.39 is 5.92 Å². The molecular weight excluding hydrogens is 334 g/mol. The maximum Gasteiger partial charge on any atom is 0.228 e. The molecule has 7 nitrogen and oxygen atoms in total. The van der Waals surface area contributed by atoms with E-state index in [1.165, 1.54) is 0 Å². The van der Waals surface area contributed by atoms with Crippen LogP contribution < -0.4 is 20.1 Å². The van der Waals surface area contributed by atoms with Crippen molar-refractivity contribution in [2.24, 2.45) is 0 Å². The maximum atomic E-state index is 12.8. The van der Waals surface area contributed by atoms with Crippen LogP contribution in [0.1, 0.15) is 30.4 Å². The fourth-order valence-corrected chi connectivity index (χ4v) is 2.93. The van der Waals surface area contributed by atoms with Crippen LogP contribution in [0.25, 0.3) is 0 Å². The van der Waals surface area contributed by atoms with Gasteiger partial charge in [0.05, 0.1) is 19.6 Å². The number of anilines is 1. The molecule has 0 aliphatic carbocycles. The van der Waals surface area contributed by atoms with Crippen molar-refractivity contribution in [3.63, 3.8) is 0 Å². The quantitative estimate of drug-likeness (QED) is 0.829. The summed E-state index contributed by atoms with van der Waals surface area (Å²) in [5, 5.41) is 5.68. The number of nitrogens with one attached hydrogen (secondary N) is 2. The summed E-state index contributed by atoms with van der Waals surface area (Å²) in [5.41, 5.74) is 2.17. The SMILES string of the molecule is CCOc1ncccc1CNC(=O)[C@@H]1CC(=O)Nc2ccc(OC)cc21. The van der Waals surface area contributed by atoms with E-state index in [1.54, 1.807) is 37.6 Å². The van der Waals surface area contributed by atoms with Gasteiger partial charge in [-0.2, -0.15) is 0 Å². The molecule has 2 aromatic rings. The van der Waals surface area contributed by atoms with Gasteiger partial charge in [0.2, 0.25) is 17.7 Å². The van der Waals surface area contributed by atoms with Crippen molar-refractivity contribution >= 4 is 17.5 Å². The highest BCUT2D eigenvalue weighted by Gasteiger charge is 2.31. The van der Waals surface area contributed by atoms with Crippen LogP contribution in [-0.4, -0.2) is 30.5 Å². The number of ether oxygens (including phenoxy) is 2. The molecule has 0 fully saturated rings. The Morgan fingerprint density at radius 2 is 2.23 bits per heavy atom. The molecule has 1 aromatic carbocycles. The van der Waals surface area contributed by atoms with Crippen LogP contribution in [0.4, 0.5) is 5.69 Å². The number of aromatic nitrogens is 1. The Balaban J connectivity index is 1.77. The third kappa shape index (κ3) is 3.77. The Morgan fingerprint density at radius 1 is 1.38 bits per heavy atom. The highest BCUT2D eigenvalue weighted by atomic mass is 16.5. The zero-order chi connectivity index (χ0) is 18.5. The number of methoxy groups -OCH3 is 1. The minimum atomic E-state index is -0.568. The largest absolute Gasteiger partial charge is 0.497 e. The van der Waals surface area contributed by atoms with E-state index >= 15 is 0 Å². The van der Waals surface area contributed by atoms with Crippen LogP contribution in [-0.2, 0) is 16.1 Å². The molecule has 0 bridgehead atoms. The second kappa shape index (κ2) is 7.86. The highest BCUT2D eigenvalue weighted by molar-refractivity contribution is 6.01. The second-order valence-electron chi connectivity index (χ2n) is 5.88. The molecule has 2 heterocycles. The summed E-state index contributed by atoms with van der Waals surface area (Å²) in [5.74, 6) is 0.170. The van der Waals surface area contributed by atoms with Crippen LogP contribution in [0.5, 0.6) is 11.6 Å². The lowest BCUT2D eigenvalue weighted by Gasteiger charge is -2.25. The minimum Gasteiger partial charge on any atom is -0.497 e. The zero-order valence-corrected chi connectivity index (χ0v) is 14.7. The number of hydrogen-bond donors (Lipinski definition) is 2. The highest BCUT2D eigenvalue weighted by Crippen LogP contribution is 2.35. The molecule has 1 aliphatic rings. The van der Waals surface area contributed by atoms with E-state index in [0.29, 0.717) is 23.9 Å². The molecule has 0 unspecified atom stereocenters. The first kappa shape index (κ1) is 17.7. The molecule has 0 saturated heterocycles. The van der Waals surface area contributed by atoms with Gasteiger partial charge in [-0.25, -0.2) is 4.98 Å². The predicted octanol–water partition coefficient (Wildman–Crippen LogP) is 2.23. The van der Waals surface area contributed by atoms with E-state index in [9.17, 15) is 9.59 Å². The lowest BCUT2D eigenvalue weighted by Crippen LogP contribution is -2.34. The standard InChI is InChI=1S/C19H21N3O4/c1-3-26-19-12(5-4-8-20-19)11-21-18(24)15-10-17(23)22-16-7-6-13(25-2)9-14(15)16/h4-9,15H,3,10-11H2,1-2H3,(H,21,24)(H,22,23)/t15-/m1/s1. The number of benzene rings is 1. The Hall–Kier alpha value is -3.09. The molecular formula is C19H21N3O4. The van der Waals surface area contributed by atoms with Crippen LogP contribution in [0.15, 0.2) is 36.5 Å². The number of pyridine rings is 1. The van der Waals surface area contributed by atoms with Crippen molar-refractivity contribution in [1.82, 2.24) is 10.3 Å². The van der Waals surface area contributed by atoms with Gasteiger partial charge in [-0.15, -0.1) is 0 Å². The first-order valence-corrected chi connectivity index (χ1v) is 8.44. The van der Waals surface area contributed by atoms with Gasteiger partial charge in [0.1, 0.15) is 5.75 Å². The smallest absolute Gasteiger partial charge is 0.228 e. The second-order valence-corrected chi connectivity index (χ2v) is 5.88. The molecule has 1 aliphatic heterocycles. The van der Waals surface area contributed by atoms with Crippen molar-refractivity contribution in [2.75, 3.05) is 19.0 Å². The number of amides is 2. The molecule has 1 atom stereocenters. The van der Waals surface area contributed by atoms with Crippen molar-refractivity contribution in [3.05, 3.63) is 47.7 Å². The summed E-state index contributed by atoms with van der Waals surface area (Å²) in [6.45, 7) is 2.65. The molecule has 2 amide bonds. The fourth-order valence-electron chi connectivity index (χ4n) is 2.93. The lowest BCUT2D eigenvalue weighted by molar-refractivity contribution is -0.126. The van der Waals surface area contributed by atoms with Crippen LogP contribution in [0.2, 0.25) is 0 Å². The van der Waals surface area contributed by atoms with Crippen LogP contribution in [0, 0.1) is 0 Å². The van der Waals surface area contributed by atoms with Gasteiger partial charge in [0, 0.05) is 30.4 Å². The summed E-state index contributed by atoms with van der Waals surface area (Å²) in [4.78, 5) is 28.9. The van der Waals surface area contributed by atoms with Gasteiger partial charge in [-0.1, -0.05) is 6.07 Å². The Kier molecular flexibility index (Phi) is 5.36. The Bertz CT molecular complexity index is 822. The summed E-state index contributed by atoms with van der Waals surface area (Å²) in [6, 6.07) is 8.93. The van der Waals surface area contributed by atoms with E-state index in [1.807, 2.05) is 13.0 Å². The lowest BCUT2D eigenvalue weighted by atomic mass is 9.89. The Labute approximate surface area is 151 Å². The number of rotatable bonds is 6. The predicted molar refractivity (Wildman–Crippen MR) is 96.2 cm³/mol. The topological polar surface area (TPSA) is 89.5 Å². The van der Waals surface area contributed by atoms with Crippen molar-refractivity contribution in [2.45, 2.75) is 25.8 Å². The summed E-state index contributed by atoms with van der Waals surface area (Å²) in [6.07, 6.45) is 1.74. The van der Waals surface area contributed by atoms with E-state index in [2.05, 4.69) is 15.6 Å². The molecule has 0 spiro atoms.